The molecule has 0 aliphatic heterocycles. The maximum atomic E-state index is 11.3. The molecule has 0 aliphatic carbocycles. The van der Waals surface area contributed by atoms with Crippen LogP contribution >= 0.6 is 12.6 Å². The molecule has 1 N–H and O–H groups in total. The van der Waals surface area contributed by atoms with Crippen LogP contribution in [0.25, 0.3) is 0 Å². The smallest absolute Gasteiger partial charge is 0.220 e. The molecule has 0 aliphatic rings. The fourth-order valence-electron chi connectivity index (χ4n) is 1.74. The quantitative estimate of drug-likeness (QED) is 0.599. The number of nitrogens with one attached hydrogen (secondary N) is 1. The molecular weight excluding hydrogens is 246 g/mol. The molecule has 0 aromatic heterocycles. The molecule has 0 radical (unpaired) electrons. The van der Waals surface area contributed by atoms with Crippen molar-refractivity contribution in [3.8, 4) is 0 Å². The first-order valence-electron chi connectivity index (χ1n) is 5.99. The molecule has 0 saturated heterocycles. The van der Waals surface area contributed by atoms with Gasteiger partial charge in [0.15, 0.2) is 0 Å². The highest BCUT2D eigenvalue weighted by atomic mass is 32.1. The molecule has 0 atom stereocenters. The van der Waals surface area contributed by atoms with E-state index in [2.05, 4.69) is 55.3 Å². The average molecular weight is 267 g/mol. The van der Waals surface area contributed by atoms with E-state index in [1.54, 1.807) is 0 Å². The van der Waals surface area contributed by atoms with Gasteiger partial charge in [0.1, 0.15) is 0 Å². The number of carbonyl (C=O) groups is 1. The van der Waals surface area contributed by atoms with Crippen molar-refractivity contribution in [2.75, 3.05) is 12.3 Å². The molecule has 2 nitrogen and oxygen atoms in total. The molecular formula is C13H21NOSSi. The van der Waals surface area contributed by atoms with Crippen LogP contribution in [0.15, 0.2) is 30.3 Å². The summed E-state index contributed by atoms with van der Waals surface area (Å²) in [6.45, 7) is 5.46. The van der Waals surface area contributed by atoms with Crippen LogP contribution in [-0.4, -0.2) is 26.3 Å². The molecule has 1 rings (SSSR count). The predicted octanol–water partition coefficient (Wildman–Crippen LogP) is 2.04. The van der Waals surface area contributed by atoms with E-state index in [0.29, 0.717) is 12.2 Å². The third-order valence-electron chi connectivity index (χ3n) is 2.97. The van der Waals surface area contributed by atoms with Crippen LogP contribution in [0, 0.1) is 0 Å². The lowest BCUT2D eigenvalue weighted by Crippen LogP contribution is -2.44. The first kappa shape index (κ1) is 14.3. The molecule has 4 heteroatoms. The van der Waals surface area contributed by atoms with Gasteiger partial charge in [-0.1, -0.05) is 48.6 Å². The minimum atomic E-state index is -1.40. The summed E-state index contributed by atoms with van der Waals surface area (Å²) >= 11 is 4.04. The highest BCUT2D eigenvalue weighted by Gasteiger charge is 2.22. The van der Waals surface area contributed by atoms with Gasteiger partial charge < -0.3 is 5.32 Å². The monoisotopic (exact) mass is 267 g/mol. The number of amides is 1. The standard InChI is InChI=1S/C13H21NOSSi/c1-17(2,12-6-4-3-5-7-12)11-9-14-13(15)8-10-16/h3-7,16H,8-11H2,1-2H3,(H,14,15). The SMILES string of the molecule is C[Si](C)(CCNC(=O)CCS)c1ccccc1. The van der Waals surface area contributed by atoms with Crippen LogP contribution < -0.4 is 10.5 Å². The maximum Gasteiger partial charge on any atom is 0.220 e. The average Bonchev–Trinajstić information content (AvgIpc) is 2.30. The topological polar surface area (TPSA) is 29.1 Å². The third-order valence-corrected chi connectivity index (χ3v) is 6.59. The van der Waals surface area contributed by atoms with E-state index in [1.807, 2.05) is 6.07 Å². The molecule has 0 unspecified atom stereocenters. The minimum absolute atomic E-state index is 0.109. The Morgan fingerprint density at radius 2 is 1.94 bits per heavy atom. The van der Waals surface area contributed by atoms with Crippen molar-refractivity contribution in [3.05, 3.63) is 30.3 Å². The Bertz CT molecular complexity index is 354. The van der Waals surface area contributed by atoms with Crippen molar-refractivity contribution in [1.29, 1.82) is 0 Å². The lowest BCUT2D eigenvalue weighted by Gasteiger charge is -2.23. The minimum Gasteiger partial charge on any atom is -0.356 e. The Morgan fingerprint density at radius 1 is 1.29 bits per heavy atom. The summed E-state index contributed by atoms with van der Waals surface area (Å²) < 4.78 is 0. The van der Waals surface area contributed by atoms with Crippen LogP contribution in [0.4, 0.5) is 0 Å². The van der Waals surface area contributed by atoms with Gasteiger partial charge in [0.2, 0.25) is 5.91 Å². The first-order chi connectivity index (χ1) is 8.06. The van der Waals surface area contributed by atoms with Crippen molar-refractivity contribution >= 4 is 31.8 Å². The summed E-state index contributed by atoms with van der Waals surface area (Å²) in [7, 11) is -1.40. The van der Waals surface area contributed by atoms with Crippen molar-refractivity contribution < 1.29 is 4.79 Å². The summed E-state index contributed by atoms with van der Waals surface area (Å²) in [5.41, 5.74) is 0. The van der Waals surface area contributed by atoms with Crippen molar-refractivity contribution in [3.63, 3.8) is 0 Å². The zero-order chi connectivity index (χ0) is 12.7. The van der Waals surface area contributed by atoms with Crippen LogP contribution in [-0.2, 0) is 4.79 Å². The van der Waals surface area contributed by atoms with E-state index in [0.717, 1.165) is 12.6 Å². The summed E-state index contributed by atoms with van der Waals surface area (Å²) in [5.74, 6) is 0.726. The molecule has 17 heavy (non-hydrogen) atoms. The van der Waals surface area contributed by atoms with Crippen molar-refractivity contribution in [1.82, 2.24) is 5.32 Å². The predicted molar refractivity (Wildman–Crippen MR) is 79.8 cm³/mol. The number of hydrogen-bond donors (Lipinski definition) is 2. The van der Waals surface area contributed by atoms with Gasteiger partial charge in [-0.3, -0.25) is 4.79 Å². The van der Waals surface area contributed by atoms with Gasteiger partial charge in [0.05, 0.1) is 8.07 Å². The lowest BCUT2D eigenvalue weighted by molar-refractivity contribution is -0.120. The Hall–Kier alpha value is -0.743. The fraction of sp³-hybridized carbons (Fsp3) is 0.462. The third kappa shape index (κ3) is 4.96. The molecule has 1 aromatic carbocycles. The van der Waals surface area contributed by atoms with E-state index in [-0.39, 0.29) is 5.91 Å². The van der Waals surface area contributed by atoms with Gasteiger partial charge >= 0.3 is 0 Å². The summed E-state index contributed by atoms with van der Waals surface area (Å²) in [4.78, 5) is 11.3. The van der Waals surface area contributed by atoms with Gasteiger partial charge in [-0.25, -0.2) is 0 Å². The van der Waals surface area contributed by atoms with Crippen LogP contribution in [0.1, 0.15) is 6.42 Å². The molecule has 0 spiro atoms. The molecule has 0 saturated carbocycles. The van der Waals surface area contributed by atoms with E-state index >= 15 is 0 Å². The molecule has 0 heterocycles. The Morgan fingerprint density at radius 3 is 2.53 bits per heavy atom. The fourth-order valence-corrected chi connectivity index (χ4v) is 4.07. The first-order valence-corrected chi connectivity index (χ1v) is 9.83. The van der Waals surface area contributed by atoms with E-state index in [1.165, 1.54) is 5.19 Å². The van der Waals surface area contributed by atoms with Crippen LogP contribution in [0.2, 0.25) is 19.1 Å². The van der Waals surface area contributed by atoms with E-state index < -0.39 is 8.07 Å². The number of hydrogen-bond acceptors (Lipinski definition) is 2. The lowest BCUT2D eigenvalue weighted by atomic mass is 10.4. The number of benzene rings is 1. The molecule has 0 bridgehead atoms. The van der Waals surface area contributed by atoms with Crippen LogP contribution in [0.5, 0.6) is 0 Å². The maximum absolute atomic E-state index is 11.3. The van der Waals surface area contributed by atoms with Crippen LogP contribution in [0.3, 0.4) is 0 Å². The Labute approximate surface area is 110 Å². The zero-order valence-electron chi connectivity index (χ0n) is 10.6. The zero-order valence-corrected chi connectivity index (χ0v) is 12.5. The molecule has 1 amide bonds. The van der Waals surface area contributed by atoms with Gasteiger partial charge in [-0.05, 0) is 11.8 Å². The summed E-state index contributed by atoms with van der Waals surface area (Å²) in [6.07, 6.45) is 0.510. The van der Waals surface area contributed by atoms with Crippen molar-refractivity contribution in [2.45, 2.75) is 25.6 Å². The Balaban J connectivity index is 2.43. The number of thiol groups is 1. The molecule has 0 fully saturated rings. The highest BCUT2D eigenvalue weighted by Crippen LogP contribution is 2.08. The Kier molecular flexibility index (Phi) is 5.78. The normalized spacial score (nSPS) is 11.2. The second-order valence-corrected chi connectivity index (χ2v) is 10.1. The number of carbonyl (C=O) groups excluding carboxylic acids is 1. The molecule has 1 aromatic rings. The second kappa shape index (κ2) is 6.86. The molecule has 94 valence electrons. The van der Waals surface area contributed by atoms with E-state index in [9.17, 15) is 4.79 Å². The van der Waals surface area contributed by atoms with Gasteiger partial charge in [0, 0.05) is 13.0 Å². The second-order valence-electron chi connectivity index (χ2n) is 4.82. The van der Waals surface area contributed by atoms with Gasteiger partial charge in [0.25, 0.3) is 0 Å². The number of rotatable bonds is 6. The van der Waals surface area contributed by atoms with Gasteiger partial charge in [-0.15, -0.1) is 0 Å². The largest absolute Gasteiger partial charge is 0.356 e. The van der Waals surface area contributed by atoms with E-state index in [4.69, 9.17) is 0 Å². The summed E-state index contributed by atoms with van der Waals surface area (Å²) in [5, 5.41) is 4.40. The van der Waals surface area contributed by atoms with Crippen molar-refractivity contribution in [2.24, 2.45) is 0 Å². The van der Waals surface area contributed by atoms with Gasteiger partial charge in [-0.2, -0.15) is 12.6 Å². The summed E-state index contributed by atoms with van der Waals surface area (Å²) in [6, 6.07) is 11.7. The highest BCUT2D eigenvalue weighted by molar-refractivity contribution is 7.80.